The highest BCUT2D eigenvalue weighted by atomic mass is 16.4. The molecule has 2 aromatic heterocycles. The Kier molecular flexibility index (Phi) is 6.16. The molecule has 6 rings (SSSR count). The Morgan fingerprint density at radius 1 is 0.897 bits per heavy atom. The summed E-state index contributed by atoms with van der Waals surface area (Å²) in [5.41, 5.74) is 3.26. The lowest BCUT2D eigenvalue weighted by molar-refractivity contribution is -0.139. The highest BCUT2D eigenvalue weighted by Gasteiger charge is 2.51. The minimum absolute atomic E-state index is 0.159. The van der Waals surface area contributed by atoms with Crippen LogP contribution in [0.25, 0.3) is 22.0 Å². The van der Waals surface area contributed by atoms with Gasteiger partial charge in [0, 0.05) is 53.8 Å². The van der Waals surface area contributed by atoms with Gasteiger partial charge in [0.25, 0.3) is 11.6 Å². The fourth-order valence-electron chi connectivity index (χ4n) is 5.12. The van der Waals surface area contributed by atoms with E-state index in [4.69, 9.17) is 0 Å². The molecule has 10 heteroatoms. The molecule has 10 nitrogen and oxygen atoms in total. The lowest BCUT2D eigenvalue weighted by atomic mass is 9.96. The molecular formula is C29H26N6O4. The molecule has 1 fully saturated rings. The zero-order valence-electron chi connectivity index (χ0n) is 21.0. The quantitative estimate of drug-likeness (QED) is 0.219. The number of nitrogens with one attached hydrogen (secondary N) is 3. The normalized spacial score (nSPS) is 18.6. The number of carboxylic acids is 1. The number of carbonyl (C=O) groups is 3. The number of amides is 1. The topological polar surface area (TPSA) is 137 Å². The molecule has 0 bridgehead atoms. The number of carbonyl (C=O) groups excluding carboxylic acids is 2. The van der Waals surface area contributed by atoms with Crippen LogP contribution in [0, 0.1) is 0 Å². The second-order valence-electron chi connectivity index (χ2n) is 9.72. The molecule has 4 N–H and O–H groups in total. The van der Waals surface area contributed by atoms with Crippen molar-refractivity contribution in [1.82, 2.24) is 20.4 Å². The van der Waals surface area contributed by atoms with Crippen LogP contribution in [-0.4, -0.2) is 56.5 Å². The molecule has 196 valence electrons. The molecule has 1 unspecified atom stereocenters. The number of piperidine rings is 1. The van der Waals surface area contributed by atoms with Gasteiger partial charge in [0.05, 0.1) is 17.1 Å². The minimum atomic E-state index is -2.15. The van der Waals surface area contributed by atoms with Crippen LogP contribution in [0.5, 0.6) is 0 Å². The van der Waals surface area contributed by atoms with Crippen LogP contribution in [-0.2, 0) is 4.79 Å². The van der Waals surface area contributed by atoms with Crippen LogP contribution in [0.15, 0.2) is 73.2 Å². The molecule has 1 atom stereocenters. The van der Waals surface area contributed by atoms with Crippen LogP contribution in [0.2, 0.25) is 0 Å². The number of anilines is 2. The summed E-state index contributed by atoms with van der Waals surface area (Å²) < 4.78 is 0. The maximum absolute atomic E-state index is 13.8. The predicted molar refractivity (Wildman–Crippen MR) is 146 cm³/mol. The Balaban J connectivity index is 1.29. The summed E-state index contributed by atoms with van der Waals surface area (Å²) in [6.45, 7) is 1.58. The van der Waals surface area contributed by atoms with Crippen molar-refractivity contribution in [3.8, 4) is 11.3 Å². The number of pyridine rings is 2. The van der Waals surface area contributed by atoms with Gasteiger partial charge in [-0.15, -0.1) is 0 Å². The summed E-state index contributed by atoms with van der Waals surface area (Å²) in [7, 11) is 0. The zero-order chi connectivity index (χ0) is 27.0. The lowest BCUT2D eigenvalue weighted by Crippen LogP contribution is -2.56. The van der Waals surface area contributed by atoms with Gasteiger partial charge in [-0.2, -0.15) is 0 Å². The van der Waals surface area contributed by atoms with Crippen LogP contribution in [0.1, 0.15) is 40.0 Å². The van der Waals surface area contributed by atoms with E-state index in [0.29, 0.717) is 22.6 Å². The second kappa shape index (κ2) is 9.80. The number of ketones is 1. The summed E-state index contributed by atoms with van der Waals surface area (Å²) in [6.07, 6.45) is 8.08. The molecule has 39 heavy (non-hydrogen) atoms. The number of hydrazine groups is 1. The van der Waals surface area contributed by atoms with Gasteiger partial charge in [-0.25, -0.2) is 9.80 Å². The molecule has 2 aromatic carbocycles. The number of aliphatic carboxylic acids is 1. The molecule has 1 amide bonds. The van der Waals surface area contributed by atoms with E-state index in [-0.39, 0.29) is 11.5 Å². The van der Waals surface area contributed by atoms with Crippen molar-refractivity contribution in [3.05, 3.63) is 84.3 Å². The van der Waals surface area contributed by atoms with Gasteiger partial charge in [-0.05, 0) is 48.6 Å². The predicted octanol–water partition coefficient (Wildman–Crippen LogP) is 3.93. The number of nitrogens with zero attached hydrogens (tertiary/aromatic N) is 3. The summed E-state index contributed by atoms with van der Waals surface area (Å²) in [5.74, 6) is -2.38. The van der Waals surface area contributed by atoms with Crippen molar-refractivity contribution < 1.29 is 19.5 Å². The van der Waals surface area contributed by atoms with Crippen LogP contribution < -0.4 is 16.1 Å². The van der Waals surface area contributed by atoms with Crippen molar-refractivity contribution in [2.45, 2.75) is 24.9 Å². The molecule has 0 aliphatic carbocycles. The number of aromatic nitrogens is 2. The Morgan fingerprint density at radius 2 is 1.69 bits per heavy atom. The van der Waals surface area contributed by atoms with Gasteiger partial charge >= 0.3 is 5.97 Å². The standard InChI is InChI=1S/C29H26N6O4/c36-26(18-10-11-31-24(14-18)22-17-30-16-20-6-2-3-7-21(20)22)29(28(38)39)32-23-9-8-19(15-25(23)33-29)27(37)34-35-12-4-1-5-13-35/h2-3,6-11,14-17,32-33H,1,4-5,12-13H2,(H,34,37)(H,38,39). The van der Waals surface area contributed by atoms with E-state index in [9.17, 15) is 19.5 Å². The fourth-order valence-corrected chi connectivity index (χ4v) is 5.12. The van der Waals surface area contributed by atoms with Crippen molar-refractivity contribution in [2.24, 2.45) is 0 Å². The van der Waals surface area contributed by atoms with E-state index in [1.165, 1.54) is 12.3 Å². The molecule has 0 spiro atoms. The molecular weight excluding hydrogens is 496 g/mol. The average Bonchev–Trinajstić information content (AvgIpc) is 3.37. The molecule has 0 saturated carbocycles. The van der Waals surface area contributed by atoms with Crippen LogP contribution >= 0.6 is 0 Å². The van der Waals surface area contributed by atoms with E-state index in [1.807, 2.05) is 29.3 Å². The van der Waals surface area contributed by atoms with Gasteiger partial charge < -0.3 is 15.7 Å². The number of rotatable bonds is 6. The fraction of sp³-hybridized carbons (Fsp3) is 0.207. The highest BCUT2D eigenvalue weighted by molar-refractivity contribution is 6.22. The molecule has 2 aliphatic rings. The summed E-state index contributed by atoms with van der Waals surface area (Å²) in [4.78, 5) is 47.9. The number of carboxylic acid groups (broad SMARTS) is 1. The Morgan fingerprint density at radius 3 is 2.51 bits per heavy atom. The Hall–Kier alpha value is -4.83. The van der Waals surface area contributed by atoms with Crippen molar-refractivity contribution in [2.75, 3.05) is 23.7 Å². The SMILES string of the molecule is O=C(NN1CCCCC1)c1ccc2c(c1)NC(C(=O)O)(C(=O)c1ccnc(-c3cncc4ccccc34)c1)N2. The molecule has 1 saturated heterocycles. The Labute approximate surface area is 224 Å². The largest absolute Gasteiger partial charge is 0.478 e. The highest BCUT2D eigenvalue weighted by Crippen LogP contribution is 2.37. The number of benzene rings is 2. The van der Waals surface area contributed by atoms with Crippen molar-refractivity contribution in [3.63, 3.8) is 0 Å². The summed E-state index contributed by atoms with van der Waals surface area (Å²) in [5, 5.41) is 19.7. The maximum atomic E-state index is 13.8. The van der Waals surface area contributed by atoms with E-state index in [1.54, 1.807) is 36.7 Å². The van der Waals surface area contributed by atoms with Crippen molar-refractivity contribution in [1.29, 1.82) is 0 Å². The van der Waals surface area contributed by atoms with Crippen molar-refractivity contribution >= 4 is 39.8 Å². The lowest BCUT2D eigenvalue weighted by Gasteiger charge is -2.26. The van der Waals surface area contributed by atoms with Crippen LogP contribution in [0.4, 0.5) is 11.4 Å². The first-order valence-corrected chi connectivity index (χ1v) is 12.8. The third-order valence-electron chi connectivity index (χ3n) is 7.17. The summed E-state index contributed by atoms with van der Waals surface area (Å²) in [6, 6.07) is 15.5. The maximum Gasteiger partial charge on any atom is 0.359 e. The number of hydrogen-bond acceptors (Lipinski definition) is 8. The third kappa shape index (κ3) is 4.44. The van der Waals surface area contributed by atoms with Gasteiger partial charge in [-0.3, -0.25) is 25.0 Å². The first-order chi connectivity index (χ1) is 18.9. The molecule has 2 aliphatic heterocycles. The van der Waals surface area contributed by atoms with Gasteiger partial charge in [0.15, 0.2) is 0 Å². The van der Waals surface area contributed by atoms with Gasteiger partial charge in [-0.1, -0.05) is 30.7 Å². The second-order valence-corrected chi connectivity index (χ2v) is 9.72. The number of Topliss-reactive ketones (excluding diaryl/α,β-unsaturated/α-hetero) is 1. The molecule has 0 radical (unpaired) electrons. The zero-order valence-corrected chi connectivity index (χ0v) is 21.0. The Bertz CT molecular complexity index is 1610. The van der Waals surface area contributed by atoms with E-state index in [2.05, 4.69) is 26.0 Å². The van der Waals surface area contributed by atoms with E-state index in [0.717, 1.165) is 48.7 Å². The first kappa shape index (κ1) is 24.5. The monoisotopic (exact) mass is 522 g/mol. The minimum Gasteiger partial charge on any atom is -0.478 e. The third-order valence-corrected chi connectivity index (χ3v) is 7.17. The first-order valence-electron chi connectivity index (χ1n) is 12.8. The van der Waals surface area contributed by atoms with Gasteiger partial charge in [0.1, 0.15) is 0 Å². The van der Waals surface area contributed by atoms with E-state index >= 15 is 0 Å². The molecule has 4 aromatic rings. The average molecular weight is 523 g/mol. The number of fused-ring (bicyclic) bond motifs is 2. The van der Waals surface area contributed by atoms with Crippen LogP contribution in [0.3, 0.4) is 0 Å². The van der Waals surface area contributed by atoms with E-state index < -0.39 is 17.4 Å². The summed E-state index contributed by atoms with van der Waals surface area (Å²) >= 11 is 0. The van der Waals surface area contributed by atoms with Gasteiger partial charge in [0.2, 0.25) is 5.78 Å². The smallest absolute Gasteiger partial charge is 0.359 e. The number of hydrogen-bond donors (Lipinski definition) is 4. The molecule has 4 heterocycles.